The van der Waals surface area contributed by atoms with Crippen LogP contribution in [0.25, 0.3) is 0 Å². The maximum absolute atomic E-state index is 9.66. The first-order valence-electron chi connectivity index (χ1n) is 4.32. The number of hydrogen-bond acceptors (Lipinski definition) is 5. The number of aliphatic hydroxyl groups is 2. The number of anilines is 1. The fourth-order valence-corrected chi connectivity index (χ4v) is 1.25. The molecule has 1 heterocycles. The maximum atomic E-state index is 9.66. The molecular formula is C9H13ClN2O3. The molecule has 0 aliphatic carbocycles. The molecule has 0 spiro atoms. The minimum Gasteiger partial charge on any atom is -0.481 e. The van der Waals surface area contributed by atoms with Crippen molar-refractivity contribution in [2.24, 2.45) is 0 Å². The van der Waals surface area contributed by atoms with Gasteiger partial charge in [-0.1, -0.05) is 0 Å². The van der Waals surface area contributed by atoms with Crippen molar-refractivity contribution in [2.45, 2.75) is 12.2 Å². The van der Waals surface area contributed by atoms with E-state index in [0.717, 1.165) is 0 Å². The van der Waals surface area contributed by atoms with Gasteiger partial charge >= 0.3 is 0 Å². The summed E-state index contributed by atoms with van der Waals surface area (Å²) in [6.07, 6.45) is -2.31. The lowest BCUT2D eigenvalue weighted by Crippen LogP contribution is -2.22. The molecule has 15 heavy (non-hydrogen) atoms. The van der Waals surface area contributed by atoms with Gasteiger partial charge < -0.3 is 20.7 Å². The molecule has 0 saturated carbocycles. The van der Waals surface area contributed by atoms with E-state index in [-0.39, 0.29) is 17.3 Å². The van der Waals surface area contributed by atoms with Crippen LogP contribution in [0.1, 0.15) is 11.8 Å². The number of aliphatic hydroxyl groups excluding tert-OH is 2. The van der Waals surface area contributed by atoms with Crippen LogP contribution < -0.4 is 10.5 Å². The van der Waals surface area contributed by atoms with Gasteiger partial charge in [0.25, 0.3) is 0 Å². The Morgan fingerprint density at radius 3 is 2.73 bits per heavy atom. The Morgan fingerprint density at radius 1 is 1.53 bits per heavy atom. The SMILES string of the molecule is COc1ccc(N)c(C(O)C(O)CCl)n1. The molecule has 6 heteroatoms. The Labute approximate surface area is 92.5 Å². The van der Waals surface area contributed by atoms with Crippen LogP contribution in [0.5, 0.6) is 5.88 Å². The third-order valence-electron chi connectivity index (χ3n) is 1.94. The highest BCUT2D eigenvalue weighted by Gasteiger charge is 2.21. The summed E-state index contributed by atoms with van der Waals surface area (Å²) in [6, 6.07) is 3.12. The van der Waals surface area contributed by atoms with E-state index in [1.807, 2.05) is 0 Å². The lowest BCUT2D eigenvalue weighted by molar-refractivity contribution is 0.0302. The average molecular weight is 233 g/mol. The predicted molar refractivity (Wildman–Crippen MR) is 56.9 cm³/mol. The van der Waals surface area contributed by atoms with E-state index in [9.17, 15) is 10.2 Å². The standard InChI is InChI=1S/C9H13ClN2O3/c1-15-7-3-2-5(11)8(12-7)9(14)6(13)4-10/h2-3,6,9,13-14H,4,11H2,1H3. The number of methoxy groups -OCH3 is 1. The summed E-state index contributed by atoms with van der Waals surface area (Å²) in [7, 11) is 1.45. The molecule has 0 saturated heterocycles. The van der Waals surface area contributed by atoms with Gasteiger partial charge in [-0.15, -0.1) is 11.6 Å². The Morgan fingerprint density at radius 2 is 2.20 bits per heavy atom. The summed E-state index contributed by atoms with van der Waals surface area (Å²) < 4.78 is 4.88. The Bertz CT molecular complexity index is 335. The van der Waals surface area contributed by atoms with Crippen molar-refractivity contribution in [1.29, 1.82) is 0 Å². The largest absolute Gasteiger partial charge is 0.481 e. The average Bonchev–Trinajstić information content (AvgIpc) is 2.27. The highest BCUT2D eigenvalue weighted by molar-refractivity contribution is 6.18. The van der Waals surface area contributed by atoms with E-state index in [0.29, 0.717) is 5.88 Å². The van der Waals surface area contributed by atoms with Gasteiger partial charge in [0.1, 0.15) is 6.10 Å². The van der Waals surface area contributed by atoms with Gasteiger partial charge in [0.05, 0.1) is 30.5 Å². The molecule has 0 aromatic carbocycles. The van der Waals surface area contributed by atoms with E-state index in [4.69, 9.17) is 22.1 Å². The number of aromatic nitrogens is 1. The van der Waals surface area contributed by atoms with Crippen molar-refractivity contribution in [3.8, 4) is 5.88 Å². The van der Waals surface area contributed by atoms with Gasteiger partial charge in [0, 0.05) is 6.07 Å². The number of pyridine rings is 1. The molecular weight excluding hydrogens is 220 g/mol. The number of halogens is 1. The molecule has 0 aliphatic rings. The number of nitrogens with two attached hydrogens (primary N) is 1. The van der Waals surface area contributed by atoms with E-state index >= 15 is 0 Å². The van der Waals surface area contributed by atoms with Crippen molar-refractivity contribution >= 4 is 17.3 Å². The Kier molecular flexibility index (Phi) is 4.14. The second kappa shape index (κ2) is 5.16. The number of ether oxygens (including phenoxy) is 1. The van der Waals surface area contributed by atoms with Gasteiger partial charge in [-0.25, -0.2) is 4.98 Å². The van der Waals surface area contributed by atoms with Crippen LogP contribution in [0, 0.1) is 0 Å². The van der Waals surface area contributed by atoms with E-state index in [2.05, 4.69) is 4.98 Å². The van der Waals surface area contributed by atoms with Crippen LogP contribution in [-0.4, -0.2) is 34.3 Å². The second-order valence-electron chi connectivity index (χ2n) is 2.99. The lowest BCUT2D eigenvalue weighted by atomic mass is 10.1. The smallest absolute Gasteiger partial charge is 0.213 e. The first-order chi connectivity index (χ1) is 7.10. The first-order valence-corrected chi connectivity index (χ1v) is 4.86. The van der Waals surface area contributed by atoms with Crippen molar-refractivity contribution in [3.05, 3.63) is 17.8 Å². The zero-order valence-corrected chi connectivity index (χ0v) is 8.98. The molecule has 0 radical (unpaired) electrons. The van der Waals surface area contributed by atoms with E-state index in [1.165, 1.54) is 7.11 Å². The number of nitrogens with zero attached hydrogens (tertiary/aromatic N) is 1. The molecule has 1 aromatic rings. The van der Waals surface area contributed by atoms with E-state index in [1.54, 1.807) is 12.1 Å². The number of rotatable bonds is 4. The minimum absolute atomic E-state index is 0.0977. The molecule has 0 fully saturated rings. The molecule has 0 bridgehead atoms. The van der Waals surface area contributed by atoms with Crippen LogP contribution in [0.3, 0.4) is 0 Å². The van der Waals surface area contributed by atoms with E-state index < -0.39 is 12.2 Å². The molecule has 84 valence electrons. The molecule has 0 amide bonds. The third kappa shape index (κ3) is 2.71. The molecule has 2 unspecified atom stereocenters. The fourth-order valence-electron chi connectivity index (χ4n) is 1.08. The summed E-state index contributed by atoms with van der Waals surface area (Å²) >= 11 is 5.41. The molecule has 1 rings (SSSR count). The third-order valence-corrected chi connectivity index (χ3v) is 2.26. The molecule has 0 aliphatic heterocycles. The summed E-state index contributed by atoms with van der Waals surface area (Å²) in [4.78, 5) is 3.94. The monoisotopic (exact) mass is 232 g/mol. The van der Waals surface area contributed by atoms with Gasteiger partial charge in [0.15, 0.2) is 0 Å². The van der Waals surface area contributed by atoms with Crippen LogP contribution in [0.2, 0.25) is 0 Å². The topological polar surface area (TPSA) is 88.6 Å². The van der Waals surface area contributed by atoms with Crippen LogP contribution in [0.4, 0.5) is 5.69 Å². The molecule has 4 N–H and O–H groups in total. The highest BCUT2D eigenvalue weighted by atomic mass is 35.5. The van der Waals surface area contributed by atoms with Gasteiger partial charge in [-0.2, -0.15) is 0 Å². The fraction of sp³-hybridized carbons (Fsp3) is 0.444. The summed E-state index contributed by atoms with van der Waals surface area (Å²) in [5, 5.41) is 19.0. The number of nitrogen functional groups attached to an aromatic ring is 1. The highest BCUT2D eigenvalue weighted by Crippen LogP contribution is 2.24. The Hall–Kier alpha value is -1.04. The van der Waals surface area contributed by atoms with Crippen molar-refractivity contribution in [3.63, 3.8) is 0 Å². The van der Waals surface area contributed by atoms with Crippen molar-refractivity contribution in [2.75, 3.05) is 18.7 Å². The van der Waals surface area contributed by atoms with Gasteiger partial charge in [-0.05, 0) is 6.07 Å². The first kappa shape index (κ1) is 12.0. The quantitative estimate of drug-likeness (QED) is 0.650. The lowest BCUT2D eigenvalue weighted by Gasteiger charge is -2.16. The van der Waals surface area contributed by atoms with Gasteiger partial charge in [0.2, 0.25) is 5.88 Å². The minimum atomic E-state index is -1.21. The van der Waals surface area contributed by atoms with Crippen molar-refractivity contribution < 1.29 is 14.9 Å². The summed E-state index contributed by atoms with van der Waals surface area (Å²) in [5.41, 5.74) is 6.06. The second-order valence-corrected chi connectivity index (χ2v) is 3.30. The predicted octanol–water partition coefficient (Wildman–Crippen LogP) is 0.305. The number of hydrogen-bond donors (Lipinski definition) is 3. The normalized spacial score (nSPS) is 14.7. The molecule has 1 aromatic heterocycles. The summed E-state index contributed by atoms with van der Waals surface area (Å²) in [6.45, 7) is 0. The summed E-state index contributed by atoms with van der Waals surface area (Å²) in [5.74, 6) is 0.222. The molecule has 2 atom stereocenters. The Balaban J connectivity index is 3.01. The van der Waals surface area contributed by atoms with Crippen LogP contribution in [0.15, 0.2) is 12.1 Å². The molecule has 5 nitrogen and oxygen atoms in total. The van der Waals surface area contributed by atoms with Crippen LogP contribution in [-0.2, 0) is 0 Å². The zero-order chi connectivity index (χ0) is 11.4. The van der Waals surface area contributed by atoms with Gasteiger partial charge in [-0.3, -0.25) is 0 Å². The number of alkyl halides is 1. The maximum Gasteiger partial charge on any atom is 0.213 e. The zero-order valence-electron chi connectivity index (χ0n) is 8.22. The van der Waals surface area contributed by atoms with Crippen molar-refractivity contribution in [1.82, 2.24) is 4.98 Å². The van der Waals surface area contributed by atoms with Crippen LogP contribution >= 0.6 is 11.6 Å².